The zero-order valence-corrected chi connectivity index (χ0v) is 14.0. The number of hydrogen-bond donors (Lipinski definition) is 1. The standard InChI is InChI=1S/C17H31NO2/c1-7-11(2)14(15(19)20-6)18-13-10-12-8-9-17(13,5)16(12,3)4/h11-14,18H,7-10H2,1-6H3. The van der Waals surface area contributed by atoms with Crippen LogP contribution in [-0.4, -0.2) is 25.2 Å². The van der Waals surface area contributed by atoms with Crippen LogP contribution in [0.3, 0.4) is 0 Å². The van der Waals surface area contributed by atoms with E-state index in [1.165, 1.54) is 26.4 Å². The fraction of sp³-hybridized carbons (Fsp3) is 0.941. The van der Waals surface area contributed by atoms with E-state index in [1.54, 1.807) is 0 Å². The van der Waals surface area contributed by atoms with Crippen molar-refractivity contribution in [3.63, 3.8) is 0 Å². The van der Waals surface area contributed by atoms with E-state index >= 15 is 0 Å². The number of methoxy groups -OCH3 is 1. The third-order valence-electron chi connectivity index (χ3n) is 6.84. The molecule has 0 heterocycles. The van der Waals surface area contributed by atoms with E-state index in [1.807, 2.05) is 0 Å². The molecule has 5 atom stereocenters. The van der Waals surface area contributed by atoms with Gasteiger partial charge in [-0.05, 0) is 41.9 Å². The highest BCUT2D eigenvalue weighted by molar-refractivity contribution is 5.76. The second-order valence-corrected chi connectivity index (χ2v) is 7.72. The quantitative estimate of drug-likeness (QED) is 0.785. The van der Waals surface area contributed by atoms with E-state index in [9.17, 15) is 4.79 Å². The summed E-state index contributed by atoms with van der Waals surface area (Å²) >= 11 is 0. The van der Waals surface area contributed by atoms with Gasteiger partial charge in [0.1, 0.15) is 6.04 Å². The first-order chi connectivity index (χ1) is 9.27. The lowest BCUT2D eigenvalue weighted by atomic mass is 9.69. The van der Waals surface area contributed by atoms with Crippen molar-refractivity contribution in [3.8, 4) is 0 Å². The lowest BCUT2D eigenvalue weighted by Crippen LogP contribution is -2.53. The van der Waals surface area contributed by atoms with Crippen molar-refractivity contribution in [2.45, 2.75) is 72.4 Å². The van der Waals surface area contributed by atoms with Crippen molar-refractivity contribution in [3.05, 3.63) is 0 Å². The van der Waals surface area contributed by atoms with Crippen LogP contribution in [-0.2, 0) is 9.53 Å². The van der Waals surface area contributed by atoms with Crippen LogP contribution in [0, 0.1) is 22.7 Å². The molecule has 1 N–H and O–H groups in total. The highest BCUT2D eigenvalue weighted by Gasteiger charge is 2.61. The minimum atomic E-state index is -0.165. The van der Waals surface area contributed by atoms with Gasteiger partial charge in [-0.25, -0.2) is 0 Å². The van der Waals surface area contributed by atoms with Gasteiger partial charge in [-0.15, -0.1) is 0 Å². The van der Waals surface area contributed by atoms with E-state index < -0.39 is 0 Å². The van der Waals surface area contributed by atoms with Gasteiger partial charge >= 0.3 is 5.97 Å². The molecule has 20 heavy (non-hydrogen) atoms. The van der Waals surface area contributed by atoms with Gasteiger partial charge in [0.25, 0.3) is 0 Å². The molecule has 0 amide bonds. The molecule has 5 unspecified atom stereocenters. The maximum Gasteiger partial charge on any atom is 0.323 e. The van der Waals surface area contributed by atoms with Gasteiger partial charge < -0.3 is 10.1 Å². The minimum absolute atomic E-state index is 0.108. The van der Waals surface area contributed by atoms with Crippen LogP contribution in [0.1, 0.15) is 60.3 Å². The Balaban J connectivity index is 2.15. The summed E-state index contributed by atoms with van der Waals surface area (Å²) < 4.78 is 5.01. The molecule has 116 valence electrons. The molecule has 2 rings (SSSR count). The molecule has 2 fully saturated rings. The van der Waals surface area contributed by atoms with Crippen LogP contribution in [0.25, 0.3) is 0 Å². The van der Waals surface area contributed by atoms with E-state index in [2.05, 4.69) is 39.9 Å². The fourth-order valence-corrected chi connectivity index (χ4v) is 4.50. The zero-order chi connectivity index (χ0) is 15.1. The van der Waals surface area contributed by atoms with E-state index in [4.69, 9.17) is 4.74 Å². The van der Waals surface area contributed by atoms with Crippen molar-refractivity contribution >= 4 is 5.97 Å². The summed E-state index contributed by atoms with van der Waals surface area (Å²) in [7, 11) is 1.49. The van der Waals surface area contributed by atoms with E-state index in [0.29, 0.717) is 22.8 Å². The molecule has 0 aliphatic heterocycles. The number of carbonyl (C=O) groups excluding carboxylic acids is 1. The summed E-state index contributed by atoms with van der Waals surface area (Å²) in [5.74, 6) is 0.997. The average molecular weight is 281 g/mol. The van der Waals surface area contributed by atoms with Crippen LogP contribution < -0.4 is 5.32 Å². The predicted octanol–water partition coefficient (Wildman–Crippen LogP) is 3.38. The molecule has 2 aliphatic rings. The van der Waals surface area contributed by atoms with E-state index in [-0.39, 0.29) is 12.0 Å². The van der Waals surface area contributed by atoms with Crippen molar-refractivity contribution in [1.82, 2.24) is 5.32 Å². The smallest absolute Gasteiger partial charge is 0.323 e. The molecule has 0 radical (unpaired) electrons. The molecule has 2 saturated carbocycles. The molecule has 2 bridgehead atoms. The van der Waals surface area contributed by atoms with Gasteiger partial charge in [0, 0.05) is 6.04 Å². The van der Waals surface area contributed by atoms with Gasteiger partial charge in [-0.2, -0.15) is 0 Å². The first kappa shape index (κ1) is 15.8. The van der Waals surface area contributed by atoms with Gasteiger partial charge in [0.15, 0.2) is 0 Å². The second kappa shape index (κ2) is 5.32. The van der Waals surface area contributed by atoms with Crippen LogP contribution in [0.4, 0.5) is 0 Å². The molecule has 0 spiro atoms. The summed E-state index contributed by atoms with van der Waals surface area (Å²) in [6.45, 7) is 11.5. The number of nitrogens with one attached hydrogen (secondary N) is 1. The van der Waals surface area contributed by atoms with Crippen molar-refractivity contribution in [2.24, 2.45) is 22.7 Å². The number of fused-ring (bicyclic) bond motifs is 2. The summed E-state index contributed by atoms with van der Waals surface area (Å²) in [5.41, 5.74) is 0.679. The second-order valence-electron chi connectivity index (χ2n) is 7.72. The summed E-state index contributed by atoms with van der Waals surface area (Å²) in [6.07, 6.45) is 4.81. The summed E-state index contributed by atoms with van der Waals surface area (Å²) in [4.78, 5) is 12.1. The Morgan fingerprint density at radius 1 is 1.40 bits per heavy atom. The first-order valence-corrected chi connectivity index (χ1v) is 8.11. The number of esters is 1. The largest absolute Gasteiger partial charge is 0.468 e. The third kappa shape index (κ3) is 2.18. The Morgan fingerprint density at radius 2 is 2.05 bits per heavy atom. The van der Waals surface area contributed by atoms with Crippen LogP contribution in [0.2, 0.25) is 0 Å². The molecule has 0 aromatic carbocycles. The highest BCUT2D eigenvalue weighted by atomic mass is 16.5. The number of ether oxygens (including phenoxy) is 1. The average Bonchev–Trinajstić information content (AvgIpc) is 2.75. The van der Waals surface area contributed by atoms with Gasteiger partial charge in [0.2, 0.25) is 0 Å². The third-order valence-corrected chi connectivity index (χ3v) is 6.84. The molecule has 0 aromatic rings. The molecular formula is C17H31NO2. The maximum absolute atomic E-state index is 12.1. The monoisotopic (exact) mass is 281 g/mol. The zero-order valence-electron chi connectivity index (χ0n) is 14.0. The Hall–Kier alpha value is -0.570. The SMILES string of the molecule is CCC(C)C(NC1CC2CCC1(C)C2(C)C)C(=O)OC. The minimum Gasteiger partial charge on any atom is -0.468 e. The molecule has 3 heteroatoms. The van der Waals surface area contributed by atoms with Crippen molar-refractivity contribution in [1.29, 1.82) is 0 Å². The van der Waals surface area contributed by atoms with Gasteiger partial charge in [-0.1, -0.05) is 41.0 Å². The Bertz CT molecular complexity index is 379. The predicted molar refractivity (Wildman–Crippen MR) is 81.4 cm³/mol. The molecule has 3 nitrogen and oxygen atoms in total. The topological polar surface area (TPSA) is 38.3 Å². The number of rotatable bonds is 5. The first-order valence-electron chi connectivity index (χ1n) is 8.11. The van der Waals surface area contributed by atoms with Crippen LogP contribution in [0.5, 0.6) is 0 Å². The van der Waals surface area contributed by atoms with Gasteiger partial charge in [-0.3, -0.25) is 4.79 Å². The lowest BCUT2D eigenvalue weighted by molar-refractivity contribution is -0.145. The van der Waals surface area contributed by atoms with Crippen molar-refractivity contribution < 1.29 is 9.53 Å². The fourth-order valence-electron chi connectivity index (χ4n) is 4.50. The normalized spacial score (nSPS) is 37.7. The Kier molecular flexibility index (Phi) is 4.21. The number of carbonyl (C=O) groups is 1. The molecule has 0 aromatic heterocycles. The van der Waals surface area contributed by atoms with Crippen LogP contribution in [0.15, 0.2) is 0 Å². The molecular weight excluding hydrogens is 250 g/mol. The maximum atomic E-state index is 12.1. The summed E-state index contributed by atoms with van der Waals surface area (Å²) in [6, 6.07) is 0.274. The molecule has 2 aliphatic carbocycles. The highest BCUT2D eigenvalue weighted by Crippen LogP contribution is 2.65. The molecule has 0 saturated heterocycles. The van der Waals surface area contributed by atoms with Crippen molar-refractivity contribution in [2.75, 3.05) is 7.11 Å². The number of hydrogen-bond acceptors (Lipinski definition) is 3. The van der Waals surface area contributed by atoms with Crippen LogP contribution >= 0.6 is 0 Å². The lowest BCUT2D eigenvalue weighted by Gasteiger charge is -2.41. The summed E-state index contributed by atoms with van der Waals surface area (Å²) in [5, 5.41) is 3.67. The van der Waals surface area contributed by atoms with E-state index in [0.717, 1.165) is 12.3 Å². The Labute approximate surface area is 123 Å². The Morgan fingerprint density at radius 3 is 2.45 bits per heavy atom. The van der Waals surface area contributed by atoms with Gasteiger partial charge in [0.05, 0.1) is 7.11 Å².